The van der Waals surface area contributed by atoms with Crippen molar-refractivity contribution in [1.29, 1.82) is 0 Å². The van der Waals surface area contributed by atoms with E-state index in [1.165, 1.54) is 37.1 Å². The van der Waals surface area contributed by atoms with Gasteiger partial charge in [-0.1, -0.05) is 17.7 Å². The number of ether oxygens (including phenoxy) is 2. The minimum Gasteiger partial charge on any atom is -0.493 e. The molecule has 160 valence electrons. The fourth-order valence-electron chi connectivity index (χ4n) is 2.79. The van der Waals surface area contributed by atoms with Crippen molar-refractivity contribution in [2.75, 3.05) is 7.11 Å². The highest BCUT2D eigenvalue weighted by Crippen LogP contribution is 2.37. The van der Waals surface area contributed by atoms with E-state index in [-0.39, 0.29) is 12.1 Å². The first-order valence-corrected chi connectivity index (χ1v) is 10.4. The molecule has 0 aromatic heterocycles. The van der Waals surface area contributed by atoms with Gasteiger partial charge in [-0.15, -0.1) is 11.8 Å². The maximum absolute atomic E-state index is 11.2. The number of carboxylic acid groups (broad SMARTS) is 1. The van der Waals surface area contributed by atoms with Crippen molar-refractivity contribution in [2.24, 2.45) is 0 Å². The fourth-order valence-corrected chi connectivity index (χ4v) is 3.79. The first-order chi connectivity index (χ1) is 14.9. The summed E-state index contributed by atoms with van der Waals surface area (Å²) in [6.45, 7) is 0. The molecular weight excluding hydrogens is 442 g/mol. The van der Waals surface area contributed by atoms with Crippen LogP contribution in [0, 0.1) is 10.1 Å². The van der Waals surface area contributed by atoms with E-state index in [0.717, 1.165) is 4.90 Å². The highest BCUT2D eigenvalue weighted by Gasteiger charge is 2.16. The fraction of sp³-hybridized carbons (Fsp3) is 0.136. The third-order valence-corrected chi connectivity index (χ3v) is 5.58. The lowest BCUT2D eigenvalue weighted by Gasteiger charge is -2.14. The Labute approximate surface area is 187 Å². The summed E-state index contributed by atoms with van der Waals surface area (Å²) in [4.78, 5) is 22.8. The first-order valence-electron chi connectivity index (χ1n) is 9.08. The van der Waals surface area contributed by atoms with Crippen LogP contribution in [0.5, 0.6) is 17.2 Å². The lowest BCUT2D eigenvalue weighted by Crippen LogP contribution is -2.01. The molecule has 0 bridgehead atoms. The van der Waals surface area contributed by atoms with Gasteiger partial charge in [0.2, 0.25) is 0 Å². The lowest BCUT2D eigenvalue weighted by atomic mass is 10.1. The molecular formula is C22H18ClNO6S. The molecule has 0 radical (unpaired) electrons. The Morgan fingerprint density at radius 2 is 1.77 bits per heavy atom. The van der Waals surface area contributed by atoms with Crippen molar-refractivity contribution in [3.05, 3.63) is 86.9 Å². The molecule has 3 rings (SSSR count). The van der Waals surface area contributed by atoms with E-state index in [9.17, 15) is 14.9 Å². The maximum atomic E-state index is 11.2. The van der Waals surface area contributed by atoms with Crippen molar-refractivity contribution in [2.45, 2.75) is 17.1 Å². The van der Waals surface area contributed by atoms with E-state index in [1.807, 2.05) is 12.1 Å². The number of methoxy groups -OCH3 is 1. The van der Waals surface area contributed by atoms with Gasteiger partial charge >= 0.3 is 5.97 Å². The number of nitro benzene ring substituents is 1. The van der Waals surface area contributed by atoms with E-state index in [2.05, 4.69) is 0 Å². The topological polar surface area (TPSA) is 98.9 Å². The number of aliphatic carboxylic acids is 1. The number of nitro groups is 1. The van der Waals surface area contributed by atoms with Crippen LogP contribution in [0.25, 0.3) is 0 Å². The predicted molar refractivity (Wildman–Crippen MR) is 119 cm³/mol. The summed E-state index contributed by atoms with van der Waals surface area (Å²) in [6, 6.07) is 16.5. The van der Waals surface area contributed by atoms with Crippen LogP contribution in [0.4, 0.5) is 5.69 Å². The zero-order valence-corrected chi connectivity index (χ0v) is 18.0. The summed E-state index contributed by atoms with van der Waals surface area (Å²) in [5.74, 6) is 0.608. The third-order valence-electron chi connectivity index (χ3n) is 4.27. The standard InChI is InChI=1S/C22H18ClNO6S/c1-29-20-8-2-14(11-22(25)26)10-21(20)30-19-9-5-17(24(27)28)12-15(19)13-31-18-6-3-16(23)4-7-18/h2-10,12H,11,13H2,1H3,(H,25,26). The van der Waals surface area contributed by atoms with Crippen molar-refractivity contribution >= 4 is 35.0 Å². The summed E-state index contributed by atoms with van der Waals surface area (Å²) in [5, 5.41) is 20.9. The first kappa shape index (κ1) is 22.5. The number of hydrogen-bond donors (Lipinski definition) is 1. The Kier molecular flexibility index (Phi) is 7.38. The van der Waals surface area contributed by atoms with Gasteiger partial charge in [0, 0.05) is 33.4 Å². The minimum absolute atomic E-state index is 0.0503. The van der Waals surface area contributed by atoms with E-state index in [0.29, 0.717) is 39.2 Å². The van der Waals surface area contributed by atoms with Crippen LogP contribution in [-0.4, -0.2) is 23.1 Å². The molecule has 0 amide bonds. The Balaban J connectivity index is 1.92. The number of carbonyl (C=O) groups is 1. The Bertz CT molecular complexity index is 1100. The maximum Gasteiger partial charge on any atom is 0.307 e. The summed E-state index contributed by atoms with van der Waals surface area (Å²) in [7, 11) is 1.48. The highest BCUT2D eigenvalue weighted by molar-refractivity contribution is 7.98. The molecule has 0 saturated heterocycles. The minimum atomic E-state index is -0.966. The molecule has 0 aliphatic rings. The van der Waals surface area contributed by atoms with E-state index < -0.39 is 10.9 Å². The van der Waals surface area contributed by atoms with E-state index in [1.54, 1.807) is 30.3 Å². The number of non-ortho nitro benzene ring substituents is 1. The van der Waals surface area contributed by atoms with Gasteiger partial charge in [0.05, 0.1) is 18.5 Å². The van der Waals surface area contributed by atoms with Crippen LogP contribution in [0.15, 0.2) is 65.6 Å². The number of halogens is 1. The van der Waals surface area contributed by atoms with E-state index >= 15 is 0 Å². The Morgan fingerprint density at radius 1 is 1.06 bits per heavy atom. The smallest absolute Gasteiger partial charge is 0.307 e. The molecule has 0 atom stereocenters. The SMILES string of the molecule is COc1ccc(CC(=O)O)cc1Oc1ccc([N+](=O)[O-])cc1CSc1ccc(Cl)cc1. The molecule has 0 unspecified atom stereocenters. The summed E-state index contributed by atoms with van der Waals surface area (Å²) < 4.78 is 11.3. The van der Waals surface area contributed by atoms with Gasteiger partial charge in [-0.05, 0) is 48.0 Å². The molecule has 9 heteroatoms. The van der Waals surface area contributed by atoms with Crippen LogP contribution in [0.2, 0.25) is 5.02 Å². The zero-order valence-electron chi connectivity index (χ0n) is 16.4. The van der Waals surface area contributed by atoms with Gasteiger partial charge in [-0.25, -0.2) is 0 Å². The van der Waals surface area contributed by atoms with Gasteiger partial charge in [0.25, 0.3) is 5.69 Å². The molecule has 1 N–H and O–H groups in total. The van der Waals surface area contributed by atoms with Gasteiger partial charge in [-0.3, -0.25) is 14.9 Å². The van der Waals surface area contributed by atoms with Crippen molar-refractivity contribution in [3.63, 3.8) is 0 Å². The van der Waals surface area contributed by atoms with Crippen LogP contribution < -0.4 is 9.47 Å². The van der Waals surface area contributed by atoms with Gasteiger partial charge in [0.1, 0.15) is 5.75 Å². The Hall–Kier alpha value is -3.23. The molecule has 0 heterocycles. The molecule has 31 heavy (non-hydrogen) atoms. The molecule has 0 fully saturated rings. The van der Waals surface area contributed by atoms with Crippen molar-refractivity contribution < 1.29 is 24.3 Å². The average molecular weight is 460 g/mol. The molecule has 7 nitrogen and oxygen atoms in total. The number of benzene rings is 3. The Morgan fingerprint density at radius 3 is 2.42 bits per heavy atom. The second-order valence-electron chi connectivity index (χ2n) is 6.45. The number of carboxylic acids is 1. The summed E-state index contributed by atoms with van der Waals surface area (Å²) >= 11 is 7.40. The van der Waals surface area contributed by atoms with Crippen LogP contribution >= 0.6 is 23.4 Å². The second-order valence-corrected chi connectivity index (χ2v) is 7.93. The molecule has 0 aliphatic carbocycles. The van der Waals surface area contributed by atoms with Crippen LogP contribution in [0.3, 0.4) is 0 Å². The highest BCUT2D eigenvalue weighted by atomic mass is 35.5. The summed E-state index contributed by atoms with van der Waals surface area (Å²) in [6.07, 6.45) is -0.167. The number of hydrogen-bond acceptors (Lipinski definition) is 6. The van der Waals surface area contributed by atoms with Gasteiger partial charge < -0.3 is 14.6 Å². The average Bonchev–Trinajstić information content (AvgIpc) is 2.74. The zero-order chi connectivity index (χ0) is 22.4. The normalized spacial score (nSPS) is 10.5. The number of rotatable bonds is 9. The quantitative estimate of drug-likeness (QED) is 0.239. The number of thioether (sulfide) groups is 1. The summed E-state index contributed by atoms with van der Waals surface area (Å²) in [5.41, 5.74) is 1.10. The van der Waals surface area contributed by atoms with Gasteiger partial charge in [-0.2, -0.15) is 0 Å². The largest absolute Gasteiger partial charge is 0.493 e. The predicted octanol–water partition coefficient (Wildman–Crippen LogP) is 5.97. The molecule has 3 aromatic carbocycles. The molecule has 0 aliphatic heterocycles. The van der Waals surface area contributed by atoms with Crippen molar-refractivity contribution in [3.8, 4) is 17.2 Å². The van der Waals surface area contributed by atoms with Crippen LogP contribution in [-0.2, 0) is 17.0 Å². The monoisotopic (exact) mass is 459 g/mol. The second kappa shape index (κ2) is 10.2. The van der Waals surface area contributed by atoms with Crippen LogP contribution in [0.1, 0.15) is 11.1 Å². The van der Waals surface area contributed by atoms with Crippen molar-refractivity contribution in [1.82, 2.24) is 0 Å². The molecule has 0 saturated carbocycles. The van der Waals surface area contributed by atoms with E-state index in [4.69, 9.17) is 26.2 Å². The lowest BCUT2D eigenvalue weighted by molar-refractivity contribution is -0.384. The third kappa shape index (κ3) is 6.13. The van der Waals surface area contributed by atoms with Gasteiger partial charge in [0.15, 0.2) is 11.5 Å². The molecule has 3 aromatic rings. The number of nitrogens with zero attached hydrogens (tertiary/aromatic N) is 1. The molecule has 0 spiro atoms.